The van der Waals surface area contributed by atoms with E-state index >= 15 is 0 Å². The van der Waals surface area contributed by atoms with E-state index in [1.165, 1.54) is 12.1 Å². The number of rotatable bonds is 3. The van der Waals surface area contributed by atoms with Crippen LogP contribution in [0.2, 0.25) is 0 Å². The Kier molecular flexibility index (Phi) is 2.84. The van der Waals surface area contributed by atoms with Crippen LogP contribution in [0.15, 0.2) is 18.3 Å². The van der Waals surface area contributed by atoms with E-state index in [1.54, 1.807) is 24.9 Å². The summed E-state index contributed by atoms with van der Waals surface area (Å²) < 4.78 is 1.61. The number of aryl methyl sites for hydroxylation is 2. The lowest BCUT2D eigenvalue weighted by Crippen LogP contribution is -2.02. The molecule has 0 atom stereocenters. The molecule has 0 aliphatic rings. The average molecular weight is 248 g/mol. The summed E-state index contributed by atoms with van der Waals surface area (Å²) >= 11 is 0. The van der Waals surface area contributed by atoms with Crippen molar-refractivity contribution in [2.24, 2.45) is 7.05 Å². The molecule has 0 amide bonds. The van der Waals surface area contributed by atoms with Gasteiger partial charge in [0, 0.05) is 19.3 Å². The van der Waals surface area contributed by atoms with E-state index in [1.807, 2.05) is 0 Å². The zero-order valence-electron chi connectivity index (χ0n) is 9.91. The summed E-state index contributed by atoms with van der Waals surface area (Å²) in [5.74, 6) is 0.320. The van der Waals surface area contributed by atoms with Crippen LogP contribution >= 0.6 is 0 Å². The molecule has 8 nitrogen and oxygen atoms in total. The van der Waals surface area contributed by atoms with Gasteiger partial charge in [0.2, 0.25) is 5.82 Å². The fraction of sp³-hybridized carbons (Fsp3) is 0.200. The number of nitro groups is 1. The second kappa shape index (κ2) is 4.32. The van der Waals surface area contributed by atoms with Crippen molar-refractivity contribution in [3.8, 4) is 0 Å². The lowest BCUT2D eigenvalue weighted by molar-refractivity contribution is -0.384. The Bertz CT molecular complexity index is 606. The SMILES string of the molecule is Cc1nn(C)cc1Nc1nc(N)ccc1[N+](=O)[O-]. The monoisotopic (exact) mass is 248 g/mol. The predicted molar refractivity (Wildman–Crippen MR) is 66.5 cm³/mol. The van der Waals surface area contributed by atoms with Gasteiger partial charge in [-0.25, -0.2) is 4.98 Å². The van der Waals surface area contributed by atoms with Crippen molar-refractivity contribution >= 4 is 23.0 Å². The van der Waals surface area contributed by atoms with Crippen LogP contribution in [0.25, 0.3) is 0 Å². The van der Waals surface area contributed by atoms with E-state index in [4.69, 9.17) is 5.73 Å². The summed E-state index contributed by atoms with van der Waals surface area (Å²) in [5.41, 5.74) is 6.77. The van der Waals surface area contributed by atoms with Gasteiger partial charge >= 0.3 is 5.69 Å². The van der Waals surface area contributed by atoms with Crippen molar-refractivity contribution in [2.45, 2.75) is 6.92 Å². The molecule has 8 heteroatoms. The van der Waals surface area contributed by atoms with Crippen molar-refractivity contribution in [1.82, 2.24) is 14.8 Å². The zero-order chi connectivity index (χ0) is 13.3. The maximum atomic E-state index is 10.9. The van der Waals surface area contributed by atoms with Gasteiger partial charge in [-0.3, -0.25) is 14.8 Å². The maximum absolute atomic E-state index is 10.9. The summed E-state index contributed by atoms with van der Waals surface area (Å²) in [6, 6.07) is 2.70. The molecule has 0 unspecified atom stereocenters. The van der Waals surface area contributed by atoms with Gasteiger partial charge in [0.05, 0.1) is 16.3 Å². The lowest BCUT2D eigenvalue weighted by atomic mass is 10.3. The maximum Gasteiger partial charge on any atom is 0.311 e. The zero-order valence-corrected chi connectivity index (χ0v) is 9.91. The van der Waals surface area contributed by atoms with Crippen LogP contribution in [0.5, 0.6) is 0 Å². The number of pyridine rings is 1. The van der Waals surface area contributed by atoms with E-state index in [0.29, 0.717) is 5.69 Å². The van der Waals surface area contributed by atoms with E-state index in [9.17, 15) is 10.1 Å². The summed E-state index contributed by atoms with van der Waals surface area (Å²) in [5, 5.41) is 17.9. The van der Waals surface area contributed by atoms with Crippen molar-refractivity contribution in [3.63, 3.8) is 0 Å². The average Bonchev–Trinajstić information content (AvgIpc) is 2.57. The Balaban J connectivity index is 2.42. The molecule has 0 spiro atoms. The van der Waals surface area contributed by atoms with Gasteiger partial charge in [-0.2, -0.15) is 5.10 Å². The predicted octanol–water partition coefficient (Wildman–Crippen LogP) is 1.36. The highest BCUT2D eigenvalue weighted by Crippen LogP contribution is 2.27. The fourth-order valence-corrected chi connectivity index (χ4v) is 1.56. The van der Waals surface area contributed by atoms with Crippen molar-refractivity contribution in [3.05, 3.63) is 34.1 Å². The quantitative estimate of drug-likeness (QED) is 0.626. The van der Waals surface area contributed by atoms with E-state index in [0.717, 1.165) is 5.69 Å². The second-order valence-electron chi connectivity index (χ2n) is 3.79. The largest absolute Gasteiger partial charge is 0.384 e. The van der Waals surface area contributed by atoms with Crippen LogP contribution in [0.3, 0.4) is 0 Å². The highest BCUT2D eigenvalue weighted by atomic mass is 16.6. The molecule has 0 saturated heterocycles. The molecular weight excluding hydrogens is 236 g/mol. The smallest absolute Gasteiger partial charge is 0.311 e. The van der Waals surface area contributed by atoms with Gasteiger partial charge in [0.15, 0.2) is 0 Å². The number of hydrogen-bond donors (Lipinski definition) is 2. The number of nitrogen functional groups attached to an aromatic ring is 1. The molecule has 0 aromatic carbocycles. The van der Waals surface area contributed by atoms with Crippen molar-refractivity contribution in [1.29, 1.82) is 0 Å². The Hall–Kier alpha value is -2.64. The van der Waals surface area contributed by atoms with E-state index in [2.05, 4.69) is 15.4 Å². The van der Waals surface area contributed by atoms with Gasteiger partial charge in [0.25, 0.3) is 0 Å². The third kappa shape index (κ3) is 2.21. The first kappa shape index (κ1) is 11.8. The number of nitrogens with one attached hydrogen (secondary N) is 1. The standard InChI is InChI=1S/C10H12N6O2/c1-6-7(5-15(2)14-6)12-10-8(16(17)18)3-4-9(11)13-10/h3-5H,1-2H3,(H3,11,12,13). The molecule has 3 N–H and O–H groups in total. The minimum atomic E-state index is -0.513. The summed E-state index contributed by atoms with van der Waals surface area (Å²) in [7, 11) is 1.76. The number of anilines is 3. The number of aromatic nitrogens is 3. The van der Waals surface area contributed by atoms with Crippen molar-refractivity contribution < 1.29 is 4.92 Å². The van der Waals surface area contributed by atoms with Gasteiger partial charge in [0.1, 0.15) is 5.82 Å². The minimum Gasteiger partial charge on any atom is -0.384 e. The lowest BCUT2D eigenvalue weighted by Gasteiger charge is -2.05. The number of nitrogens with two attached hydrogens (primary N) is 1. The Morgan fingerprint density at radius 3 is 2.78 bits per heavy atom. The Morgan fingerprint density at radius 2 is 2.22 bits per heavy atom. The third-order valence-electron chi connectivity index (χ3n) is 2.36. The van der Waals surface area contributed by atoms with Crippen LogP contribution in [0, 0.1) is 17.0 Å². The molecule has 2 rings (SSSR count). The van der Waals surface area contributed by atoms with Gasteiger partial charge in [-0.05, 0) is 13.0 Å². The van der Waals surface area contributed by atoms with Crippen LogP contribution in [0.1, 0.15) is 5.69 Å². The minimum absolute atomic E-state index is 0.108. The molecule has 0 radical (unpaired) electrons. The summed E-state index contributed by atoms with van der Waals surface area (Å²) in [6.45, 7) is 1.79. The van der Waals surface area contributed by atoms with Crippen LogP contribution in [0.4, 0.5) is 23.0 Å². The molecule has 2 aromatic rings. The van der Waals surface area contributed by atoms with E-state index < -0.39 is 4.92 Å². The van der Waals surface area contributed by atoms with Crippen LogP contribution in [-0.2, 0) is 7.05 Å². The molecule has 0 aliphatic heterocycles. The Labute approximate surface area is 103 Å². The number of nitrogens with zero attached hydrogens (tertiary/aromatic N) is 4. The van der Waals surface area contributed by atoms with Gasteiger partial charge < -0.3 is 11.1 Å². The second-order valence-corrected chi connectivity index (χ2v) is 3.79. The first-order valence-electron chi connectivity index (χ1n) is 5.15. The van der Waals surface area contributed by atoms with Gasteiger partial charge in [-0.15, -0.1) is 0 Å². The fourth-order valence-electron chi connectivity index (χ4n) is 1.56. The molecule has 0 aliphatic carbocycles. The van der Waals surface area contributed by atoms with Crippen molar-refractivity contribution in [2.75, 3.05) is 11.1 Å². The molecule has 0 bridgehead atoms. The molecule has 0 fully saturated rings. The summed E-state index contributed by atoms with van der Waals surface area (Å²) in [6.07, 6.45) is 1.71. The molecule has 2 heterocycles. The third-order valence-corrected chi connectivity index (χ3v) is 2.36. The molecule has 18 heavy (non-hydrogen) atoms. The first-order chi connectivity index (χ1) is 8.47. The Morgan fingerprint density at radius 1 is 1.50 bits per heavy atom. The van der Waals surface area contributed by atoms with Gasteiger partial charge in [-0.1, -0.05) is 0 Å². The first-order valence-corrected chi connectivity index (χ1v) is 5.15. The molecule has 0 saturated carbocycles. The highest BCUT2D eigenvalue weighted by molar-refractivity contribution is 5.67. The molecule has 94 valence electrons. The molecule has 2 aromatic heterocycles. The summed E-state index contributed by atoms with van der Waals surface area (Å²) in [4.78, 5) is 14.3. The topological polar surface area (TPSA) is 112 Å². The van der Waals surface area contributed by atoms with Crippen LogP contribution < -0.4 is 11.1 Å². The van der Waals surface area contributed by atoms with E-state index in [-0.39, 0.29) is 17.3 Å². The highest BCUT2D eigenvalue weighted by Gasteiger charge is 2.17. The normalized spacial score (nSPS) is 10.3. The molecular formula is C10H12N6O2. The van der Waals surface area contributed by atoms with Crippen LogP contribution in [-0.4, -0.2) is 19.7 Å². The number of hydrogen-bond acceptors (Lipinski definition) is 6.